The van der Waals surface area contributed by atoms with E-state index in [9.17, 15) is 4.79 Å². The summed E-state index contributed by atoms with van der Waals surface area (Å²) in [4.78, 5) is 11.2. The van der Waals surface area contributed by atoms with Gasteiger partial charge in [0.05, 0.1) is 33.0 Å². The first-order valence-corrected chi connectivity index (χ1v) is 15.7. The lowest BCUT2D eigenvalue weighted by Gasteiger charge is -2.06. The maximum atomic E-state index is 11.2. The first-order chi connectivity index (χ1) is 21.2. The van der Waals surface area contributed by atoms with E-state index in [1.54, 1.807) is 7.11 Å². The molecule has 5 heteroatoms. The van der Waals surface area contributed by atoms with Crippen molar-refractivity contribution in [2.24, 2.45) is 0 Å². The third-order valence-electron chi connectivity index (χ3n) is 5.60. The molecule has 43 heavy (non-hydrogen) atoms. The maximum Gasteiger partial charge on any atom is 0.220 e. The highest BCUT2D eigenvalue weighted by Gasteiger charge is 1.98. The van der Waals surface area contributed by atoms with Crippen LogP contribution in [0.5, 0.6) is 0 Å². The van der Waals surface area contributed by atoms with Gasteiger partial charge in [-0.2, -0.15) is 0 Å². The zero-order valence-electron chi connectivity index (χ0n) is 27.4. The Morgan fingerprint density at radius 1 is 0.605 bits per heavy atom. The molecule has 0 aliphatic carbocycles. The van der Waals surface area contributed by atoms with Gasteiger partial charge in [-0.05, 0) is 28.7 Å². The van der Waals surface area contributed by atoms with Crippen LogP contribution in [0, 0.1) is 0 Å². The number of benzene rings is 3. The average molecular weight is 590 g/mol. The van der Waals surface area contributed by atoms with Gasteiger partial charge in [0.1, 0.15) is 0 Å². The van der Waals surface area contributed by atoms with Crippen LogP contribution in [0.3, 0.4) is 0 Å². The van der Waals surface area contributed by atoms with Gasteiger partial charge in [-0.15, -0.1) is 0 Å². The Bertz CT molecular complexity index is 996. The second-order valence-corrected chi connectivity index (χ2v) is 8.83. The van der Waals surface area contributed by atoms with E-state index in [-0.39, 0.29) is 5.91 Å². The van der Waals surface area contributed by atoms with Crippen LogP contribution in [0.2, 0.25) is 0 Å². The lowest BCUT2D eigenvalue weighted by Crippen LogP contribution is -2.27. The summed E-state index contributed by atoms with van der Waals surface area (Å²) < 4.78 is 15.3. The predicted molar refractivity (Wildman–Crippen MR) is 186 cm³/mol. The van der Waals surface area contributed by atoms with E-state index in [1.807, 2.05) is 39.8 Å². The van der Waals surface area contributed by atoms with Crippen LogP contribution in [-0.4, -0.2) is 52.6 Å². The summed E-state index contributed by atoms with van der Waals surface area (Å²) in [5.74, 6) is 0.104. The van der Waals surface area contributed by atoms with Gasteiger partial charge in [0.25, 0.3) is 0 Å². The largest absolute Gasteiger partial charge is 0.382 e. The van der Waals surface area contributed by atoms with E-state index in [2.05, 4.69) is 109 Å². The maximum absolute atomic E-state index is 11.2. The van der Waals surface area contributed by atoms with Crippen molar-refractivity contribution >= 4 is 30.2 Å². The van der Waals surface area contributed by atoms with Crippen molar-refractivity contribution in [2.45, 2.75) is 53.9 Å². The van der Waals surface area contributed by atoms with Crippen molar-refractivity contribution < 1.29 is 19.0 Å². The molecule has 0 unspecified atom stereocenters. The van der Waals surface area contributed by atoms with Crippen LogP contribution in [-0.2, 0) is 19.0 Å². The summed E-state index contributed by atoms with van der Waals surface area (Å²) in [6.45, 7) is 13.5. The fourth-order valence-corrected chi connectivity index (χ4v) is 3.38. The molecule has 3 aromatic carbocycles. The smallest absolute Gasteiger partial charge is 0.220 e. The number of ether oxygens (including phenoxy) is 3. The molecule has 0 heterocycles. The highest BCUT2D eigenvalue weighted by Crippen LogP contribution is 2.12. The zero-order valence-corrected chi connectivity index (χ0v) is 27.4. The van der Waals surface area contributed by atoms with Gasteiger partial charge in [0.2, 0.25) is 5.91 Å². The number of methoxy groups -OCH3 is 1. The molecule has 0 aromatic heterocycles. The van der Waals surface area contributed by atoms with Crippen molar-refractivity contribution in [3.8, 4) is 0 Å². The second-order valence-electron chi connectivity index (χ2n) is 8.83. The molecule has 0 fully saturated rings. The van der Waals surface area contributed by atoms with E-state index in [1.165, 1.54) is 22.3 Å². The molecule has 0 atom stereocenters. The van der Waals surface area contributed by atoms with Crippen molar-refractivity contribution in [1.82, 2.24) is 5.32 Å². The van der Waals surface area contributed by atoms with Gasteiger partial charge >= 0.3 is 0 Å². The standard InChI is InChI=1S/C22H18.C12H25NO4.2C2H6/c1-3-7-19(8-4-1)11-13-21-15-17-22(18-16-21)14-12-20-9-5-2-6-10-20;1-3-4-5-12(14)13-6-7-16-10-11-17-9-8-15-2;2*1-2/h1-18H;3-11H2,1-2H3,(H,13,14);2*1-2H3/b13-11+,14-12+;;;. The van der Waals surface area contributed by atoms with E-state index >= 15 is 0 Å². The van der Waals surface area contributed by atoms with E-state index < -0.39 is 0 Å². The van der Waals surface area contributed by atoms with Gasteiger partial charge in [0.15, 0.2) is 0 Å². The Morgan fingerprint density at radius 3 is 1.42 bits per heavy atom. The predicted octanol–water partition coefficient (Wildman–Crippen LogP) is 9.05. The van der Waals surface area contributed by atoms with E-state index in [0.717, 1.165) is 12.8 Å². The summed E-state index contributed by atoms with van der Waals surface area (Å²) in [6, 6.07) is 29.3. The molecular weight excluding hydrogens is 534 g/mol. The van der Waals surface area contributed by atoms with Crippen molar-refractivity contribution in [1.29, 1.82) is 0 Å². The summed E-state index contributed by atoms with van der Waals surface area (Å²) in [5.41, 5.74) is 4.85. The molecule has 0 aliphatic heterocycles. The molecule has 3 aromatic rings. The van der Waals surface area contributed by atoms with Crippen LogP contribution in [0.25, 0.3) is 24.3 Å². The fourth-order valence-electron chi connectivity index (χ4n) is 3.38. The quantitative estimate of drug-likeness (QED) is 0.134. The summed E-state index contributed by atoms with van der Waals surface area (Å²) in [5, 5.41) is 2.80. The highest BCUT2D eigenvalue weighted by atomic mass is 16.5. The lowest BCUT2D eigenvalue weighted by molar-refractivity contribution is -0.121. The molecule has 5 nitrogen and oxygen atoms in total. The summed E-state index contributed by atoms with van der Waals surface area (Å²) in [6.07, 6.45) is 11.1. The second kappa shape index (κ2) is 30.0. The Labute approximate surface area is 262 Å². The molecule has 0 aliphatic rings. The number of hydrogen-bond acceptors (Lipinski definition) is 4. The Morgan fingerprint density at radius 2 is 1.00 bits per heavy atom. The molecule has 236 valence electrons. The van der Waals surface area contributed by atoms with Gasteiger partial charge in [-0.25, -0.2) is 0 Å². The third kappa shape index (κ3) is 22.7. The minimum Gasteiger partial charge on any atom is -0.382 e. The number of amides is 1. The Kier molecular flexibility index (Phi) is 27.5. The summed E-state index contributed by atoms with van der Waals surface area (Å²) in [7, 11) is 1.64. The number of unbranched alkanes of at least 4 members (excludes halogenated alkanes) is 1. The molecule has 0 saturated carbocycles. The molecule has 0 bridgehead atoms. The molecule has 0 spiro atoms. The normalized spacial score (nSPS) is 10.2. The van der Waals surface area contributed by atoms with E-state index in [4.69, 9.17) is 14.2 Å². The highest BCUT2D eigenvalue weighted by molar-refractivity contribution is 5.75. The minimum absolute atomic E-state index is 0.104. The topological polar surface area (TPSA) is 56.8 Å². The molecule has 0 radical (unpaired) electrons. The molecule has 1 amide bonds. The Balaban J connectivity index is 0.000000759. The van der Waals surface area contributed by atoms with E-state index in [0.29, 0.717) is 46.0 Å². The van der Waals surface area contributed by atoms with Crippen LogP contribution in [0.1, 0.15) is 76.1 Å². The van der Waals surface area contributed by atoms with Crippen LogP contribution in [0.4, 0.5) is 0 Å². The van der Waals surface area contributed by atoms with Gasteiger partial charge in [-0.3, -0.25) is 4.79 Å². The number of rotatable bonds is 16. The number of carbonyl (C=O) groups is 1. The van der Waals surface area contributed by atoms with Gasteiger partial charge in [0, 0.05) is 20.1 Å². The first-order valence-electron chi connectivity index (χ1n) is 15.7. The molecule has 3 rings (SSSR count). The molecule has 0 saturated heterocycles. The van der Waals surface area contributed by atoms with Crippen molar-refractivity contribution in [2.75, 3.05) is 46.7 Å². The monoisotopic (exact) mass is 589 g/mol. The lowest BCUT2D eigenvalue weighted by atomic mass is 10.1. The average Bonchev–Trinajstić information content (AvgIpc) is 3.08. The molecule has 1 N–H and O–H groups in total. The number of hydrogen-bond donors (Lipinski definition) is 1. The van der Waals surface area contributed by atoms with Crippen LogP contribution in [0.15, 0.2) is 84.9 Å². The first kappa shape index (κ1) is 39.5. The Hall–Kier alpha value is -3.51. The van der Waals surface area contributed by atoms with Crippen molar-refractivity contribution in [3.05, 3.63) is 107 Å². The number of carbonyl (C=O) groups excluding carboxylic acids is 1. The third-order valence-corrected chi connectivity index (χ3v) is 5.60. The SMILES string of the molecule is C(=C\c1ccc(/C=C/c2ccccc2)cc1)/c1ccccc1.CC.CC.CCCCC(=O)NCCOCCOCCOC. The van der Waals surface area contributed by atoms with Gasteiger partial charge < -0.3 is 19.5 Å². The molecular formula is C38H55NO4. The van der Waals surface area contributed by atoms with Crippen molar-refractivity contribution in [3.63, 3.8) is 0 Å². The van der Waals surface area contributed by atoms with Crippen LogP contribution >= 0.6 is 0 Å². The van der Waals surface area contributed by atoms with Gasteiger partial charge in [-0.1, -0.05) is 150 Å². The minimum atomic E-state index is 0.104. The van der Waals surface area contributed by atoms with Crippen LogP contribution < -0.4 is 5.32 Å². The summed E-state index contributed by atoms with van der Waals surface area (Å²) >= 11 is 0. The number of nitrogens with one attached hydrogen (secondary N) is 1. The zero-order chi connectivity index (χ0) is 31.8. The fraction of sp³-hybridized carbons (Fsp3) is 0.395.